The number of rotatable bonds is 9. The minimum Gasteiger partial charge on any atom is -0.492 e. The Morgan fingerprint density at radius 2 is 2.09 bits per heavy atom. The molecule has 10 heteroatoms. The number of halogens is 2. The fraction of sp³-hybridized carbons (Fsp3) is 0.160. The number of aromatic nitrogens is 2. The number of aliphatic imine (C=N–C) groups is 2. The number of methoxy groups -OCH3 is 2. The summed E-state index contributed by atoms with van der Waals surface area (Å²) in [6, 6.07) is 10.8. The van der Waals surface area contributed by atoms with Crippen LogP contribution in [-0.2, 0) is 11.3 Å². The van der Waals surface area contributed by atoms with E-state index in [-0.39, 0.29) is 10.8 Å². The maximum Gasteiger partial charge on any atom is 0.177 e. The van der Waals surface area contributed by atoms with Crippen LogP contribution in [-0.4, -0.2) is 36.4 Å². The molecule has 0 saturated carbocycles. The van der Waals surface area contributed by atoms with E-state index in [2.05, 4.69) is 27.2 Å². The normalized spacial score (nSPS) is 15.7. The molecule has 0 spiro atoms. The number of benzene rings is 2. The molecule has 3 aromatic rings. The summed E-state index contributed by atoms with van der Waals surface area (Å²) in [6.45, 7) is 3.86. The van der Waals surface area contributed by atoms with Crippen molar-refractivity contribution in [2.45, 2.75) is 12.7 Å². The smallest absolute Gasteiger partial charge is 0.177 e. The number of nitrogens with zero attached hydrogens (tertiary/aromatic N) is 4. The molecule has 1 atom stereocenters. The van der Waals surface area contributed by atoms with Gasteiger partial charge in [-0.2, -0.15) is 5.10 Å². The van der Waals surface area contributed by atoms with Crippen LogP contribution < -0.4 is 15.4 Å². The second-order valence-corrected chi connectivity index (χ2v) is 7.74. The first-order valence-corrected chi connectivity index (χ1v) is 11.0. The molecule has 2 heterocycles. The Balaban J connectivity index is 1.66. The molecule has 1 unspecified atom stereocenters. The van der Waals surface area contributed by atoms with Crippen LogP contribution in [0, 0.1) is 5.82 Å². The molecule has 1 aliphatic rings. The standard InChI is InChI=1S/C25H24ClFN6O2/c1-4-28-12-7-13-29-24-20(34-2)14-30-25(31-24)22-17-8-5-6-9-19(17)33(32-22)15-16-10-11-18(27)23(35-3)21(16)26/h4-14,25,29,31H,1,15H2,2-3H3/b13-7+,28-12?. The van der Waals surface area contributed by atoms with Gasteiger partial charge in [0.05, 0.1) is 37.5 Å². The summed E-state index contributed by atoms with van der Waals surface area (Å²) >= 11 is 6.41. The predicted octanol–water partition coefficient (Wildman–Crippen LogP) is 4.69. The molecule has 0 radical (unpaired) electrons. The first kappa shape index (κ1) is 24.0. The Kier molecular flexibility index (Phi) is 7.47. The van der Waals surface area contributed by atoms with Crippen molar-refractivity contribution in [3.8, 4) is 5.75 Å². The molecule has 4 rings (SSSR count). The lowest BCUT2D eigenvalue weighted by molar-refractivity contribution is 0.300. The molecule has 1 aliphatic heterocycles. The molecule has 0 aliphatic carbocycles. The van der Waals surface area contributed by atoms with E-state index in [9.17, 15) is 4.39 Å². The van der Waals surface area contributed by atoms with Crippen molar-refractivity contribution in [3.63, 3.8) is 0 Å². The van der Waals surface area contributed by atoms with Crippen LogP contribution >= 0.6 is 11.6 Å². The Morgan fingerprint density at radius 1 is 1.26 bits per heavy atom. The Morgan fingerprint density at radius 3 is 2.86 bits per heavy atom. The molecule has 2 aromatic carbocycles. The van der Waals surface area contributed by atoms with Crippen molar-refractivity contribution in [1.29, 1.82) is 0 Å². The first-order valence-electron chi connectivity index (χ1n) is 10.7. The van der Waals surface area contributed by atoms with Crippen LogP contribution in [0.2, 0.25) is 5.02 Å². The van der Waals surface area contributed by atoms with E-state index in [0.717, 1.165) is 10.9 Å². The van der Waals surface area contributed by atoms with Crippen LogP contribution in [0.25, 0.3) is 10.9 Å². The number of para-hydroxylation sites is 1. The van der Waals surface area contributed by atoms with Gasteiger partial charge in [0.15, 0.2) is 23.5 Å². The Hall–Kier alpha value is -4.11. The van der Waals surface area contributed by atoms with Crippen LogP contribution in [0.5, 0.6) is 5.75 Å². The average molecular weight is 495 g/mol. The van der Waals surface area contributed by atoms with Crippen molar-refractivity contribution in [2.75, 3.05) is 14.2 Å². The third-order valence-electron chi connectivity index (χ3n) is 5.29. The lowest BCUT2D eigenvalue weighted by Crippen LogP contribution is -2.32. The average Bonchev–Trinajstić information content (AvgIpc) is 3.24. The van der Waals surface area contributed by atoms with E-state index in [1.165, 1.54) is 19.4 Å². The molecular weight excluding hydrogens is 471 g/mol. The van der Waals surface area contributed by atoms with E-state index in [1.54, 1.807) is 37.9 Å². The lowest BCUT2D eigenvalue weighted by Gasteiger charge is -2.22. The molecule has 1 aromatic heterocycles. The van der Waals surface area contributed by atoms with Gasteiger partial charge in [0.1, 0.15) is 11.5 Å². The summed E-state index contributed by atoms with van der Waals surface area (Å²) in [5, 5.41) is 12.4. The highest BCUT2D eigenvalue weighted by Crippen LogP contribution is 2.33. The zero-order chi connectivity index (χ0) is 24.8. The van der Waals surface area contributed by atoms with Crippen LogP contribution in [0.1, 0.15) is 17.4 Å². The quantitative estimate of drug-likeness (QED) is 0.421. The second kappa shape index (κ2) is 10.9. The number of hydrogen-bond acceptors (Lipinski definition) is 7. The third-order valence-corrected chi connectivity index (χ3v) is 5.70. The third kappa shape index (κ3) is 5.04. The minimum atomic E-state index is -0.515. The Labute approximate surface area is 207 Å². The maximum atomic E-state index is 14.0. The van der Waals surface area contributed by atoms with E-state index in [0.29, 0.717) is 29.4 Å². The van der Waals surface area contributed by atoms with Crippen molar-refractivity contribution in [2.24, 2.45) is 9.98 Å². The van der Waals surface area contributed by atoms with Crippen LogP contribution in [0.15, 0.2) is 83.0 Å². The van der Waals surface area contributed by atoms with E-state index >= 15 is 0 Å². The molecule has 0 bridgehead atoms. The summed E-state index contributed by atoms with van der Waals surface area (Å²) < 4.78 is 26.4. The SMILES string of the molecule is C=CN=C/C=C/NC1=C(OC)C=NC(c2nn(Cc3ccc(F)c(OC)c3Cl)c3ccccc23)N1. The Bertz CT molecular complexity index is 1360. The lowest BCUT2D eigenvalue weighted by atomic mass is 10.1. The van der Waals surface area contributed by atoms with Gasteiger partial charge in [-0.15, -0.1) is 0 Å². The predicted molar refractivity (Wildman–Crippen MR) is 136 cm³/mol. The first-order chi connectivity index (χ1) is 17.1. The van der Waals surface area contributed by atoms with Gasteiger partial charge in [0.25, 0.3) is 0 Å². The van der Waals surface area contributed by atoms with Crippen molar-refractivity contribution < 1.29 is 13.9 Å². The van der Waals surface area contributed by atoms with E-state index in [4.69, 9.17) is 26.2 Å². The fourth-order valence-corrected chi connectivity index (χ4v) is 3.95. The van der Waals surface area contributed by atoms with Gasteiger partial charge in [-0.05, 0) is 23.8 Å². The molecule has 0 saturated heterocycles. The minimum absolute atomic E-state index is 0.0125. The fourth-order valence-electron chi connectivity index (χ4n) is 3.66. The van der Waals surface area contributed by atoms with Gasteiger partial charge in [-0.25, -0.2) is 4.39 Å². The topological polar surface area (TPSA) is 85.1 Å². The summed E-state index contributed by atoms with van der Waals surface area (Å²) in [5.74, 6) is 0.665. The van der Waals surface area contributed by atoms with Crippen molar-refractivity contribution in [3.05, 3.63) is 95.1 Å². The van der Waals surface area contributed by atoms with E-state index in [1.807, 2.05) is 28.9 Å². The van der Waals surface area contributed by atoms with Gasteiger partial charge >= 0.3 is 0 Å². The van der Waals surface area contributed by atoms with Crippen LogP contribution in [0.4, 0.5) is 4.39 Å². The van der Waals surface area contributed by atoms with E-state index < -0.39 is 12.0 Å². The molecule has 180 valence electrons. The highest BCUT2D eigenvalue weighted by molar-refractivity contribution is 6.32. The summed E-state index contributed by atoms with van der Waals surface area (Å²) in [5.41, 5.74) is 2.28. The number of hydrogen-bond donors (Lipinski definition) is 2. The number of fused-ring (bicyclic) bond motifs is 1. The maximum absolute atomic E-state index is 14.0. The molecule has 2 N–H and O–H groups in total. The van der Waals surface area contributed by atoms with Gasteiger partial charge in [-0.1, -0.05) is 42.4 Å². The zero-order valence-electron chi connectivity index (χ0n) is 19.2. The largest absolute Gasteiger partial charge is 0.492 e. The number of ether oxygens (including phenoxy) is 2. The number of allylic oxidation sites excluding steroid dienone is 2. The highest BCUT2D eigenvalue weighted by Gasteiger charge is 2.24. The molecule has 0 amide bonds. The molecular formula is C25H24ClFN6O2. The zero-order valence-corrected chi connectivity index (χ0v) is 20.0. The van der Waals surface area contributed by atoms with Crippen LogP contribution in [0.3, 0.4) is 0 Å². The van der Waals surface area contributed by atoms with Gasteiger partial charge in [-0.3, -0.25) is 14.7 Å². The van der Waals surface area contributed by atoms with Crippen molar-refractivity contribution >= 4 is 34.9 Å². The van der Waals surface area contributed by atoms with Gasteiger partial charge < -0.3 is 20.1 Å². The number of nitrogens with one attached hydrogen (secondary N) is 2. The summed E-state index contributed by atoms with van der Waals surface area (Å²) in [6.07, 6.45) is 7.66. The monoisotopic (exact) mass is 494 g/mol. The molecule has 35 heavy (non-hydrogen) atoms. The highest BCUT2D eigenvalue weighted by atomic mass is 35.5. The second-order valence-electron chi connectivity index (χ2n) is 7.37. The summed E-state index contributed by atoms with van der Waals surface area (Å²) in [4.78, 5) is 8.51. The van der Waals surface area contributed by atoms with Gasteiger partial charge in [0, 0.05) is 24.0 Å². The molecule has 0 fully saturated rings. The molecule has 8 nitrogen and oxygen atoms in total. The van der Waals surface area contributed by atoms with Gasteiger partial charge in [0.2, 0.25) is 0 Å². The summed E-state index contributed by atoms with van der Waals surface area (Å²) in [7, 11) is 2.95. The van der Waals surface area contributed by atoms with Crippen molar-refractivity contribution in [1.82, 2.24) is 20.4 Å².